The second kappa shape index (κ2) is 16.5. The van der Waals surface area contributed by atoms with Crippen molar-refractivity contribution in [2.24, 2.45) is 0 Å². The summed E-state index contributed by atoms with van der Waals surface area (Å²) in [4.78, 5) is 4.99. The highest BCUT2D eigenvalue weighted by molar-refractivity contribution is 6.11. The van der Waals surface area contributed by atoms with Crippen LogP contribution in [0, 0.1) is 13.8 Å². The van der Waals surface area contributed by atoms with E-state index in [1.165, 1.54) is 94.6 Å². The molecule has 0 aliphatic heterocycles. The molecule has 14 rings (SSSR count). The monoisotopic (exact) mass is 930 g/mol. The molecular formula is C68H58N4. The molecule has 0 fully saturated rings. The Morgan fingerprint density at radius 1 is 0.417 bits per heavy atom. The van der Waals surface area contributed by atoms with E-state index in [2.05, 4.69) is 241 Å². The lowest BCUT2D eigenvalue weighted by atomic mass is 9.67. The van der Waals surface area contributed by atoms with E-state index in [1.807, 2.05) is 0 Å². The maximum atomic E-state index is 2.57. The molecule has 2 heterocycles. The summed E-state index contributed by atoms with van der Waals surface area (Å²) in [5.74, 6) is 0. The highest BCUT2D eigenvalue weighted by Gasteiger charge is 2.53. The number of hydrogen-bond acceptors (Lipinski definition) is 2. The largest absolute Gasteiger partial charge is 0.341 e. The van der Waals surface area contributed by atoms with Crippen LogP contribution in [0.5, 0.6) is 0 Å². The first-order chi connectivity index (χ1) is 35.4. The summed E-state index contributed by atoms with van der Waals surface area (Å²) in [6.07, 6.45) is 15.5. The van der Waals surface area contributed by atoms with Crippen molar-refractivity contribution >= 4 is 77.7 Å². The number of anilines is 6. The van der Waals surface area contributed by atoms with Crippen molar-refractivity contribution in [3.8, 4) is 11.1 Å². The van der Waals surface area contributed by atoms with Gasteiger partial charge in [-0.3, -0.25) is 0 Å². The van der Waals surface area contributed by atoms with Crippen LogP contribution in [-0.4, -0.2) is 9.13 Å². The number of benzene rings is 8. The highest BCUT2D eigenvalue weighted by atomic mass is 15.2. The van der Waals surface area contributed by atoms with Gasteiger partial charge in [-0.2, -0.15) is 0 Å². The molecule has 0 amide bonds. The predicted molar refractivity (Wildman–Crippen MR) is 304 cm³/mol. The number of hydrogen-bond donors (Lipinski definition) is 0. The SMILES string of the molecule is CCn1c2ccc(C)cc2c2cc(N(c3ccccc3)c3ccc4c(c3)C3(C5=C(CCC=C5)C5=C3C=CCCC5)c3cc(N(c5ccccc5)c5ccc6c(c5)c5cc(C)ccc5n6CC)ccc3-4)ccc21. The van der Waals surface area contributed by atoms with Crippen LogP contribution in [0.1, 0.15) is 68.2 Å². The minimum Gasteiger partial charge on any atom is -0.341 e. The van der Waals surface area contributed by atoms with Crippen molar-refractivity contribution in [1.29, 1.82) is 0 Å². The Balaban J connectivity index is 1.01. The second-order valence-electron chi connectivity index (χ2n) is 20.5. The number of nitrogens with zero attached hydrogens (tertiary/aromatic N) is 4. The third kappa shape index (κ3) is 6.17. The van der Waals surface area contributed by atoms with Gasteiger partial charge in [0.25, 0.3) is 0 Å². The van der Waals surface area contributed by atoms with Crippen molar-refractivity contribution in [3.63, 3.8) is 0 Å². The van der Waals surface area contributed by atoms with Crippen LogP contribution in [0.2, 0.25) is 0 Å². The summed E-state index contributed by atoms with van der Waals surface area (Å²) in [6, 6.07) is 64.8. The fraction of sp³-hybridized carbons (Fsp3) is 0.176. The van der Waals surface area contributed by atoms with Gasteiger partial charge in [-0.25, -0.2) is 0 Å². The van der Waals surface area contributed by atoms with Crippen molar-refractivity contribution in [2.45, 2.75) is 78.3 Å². The van der Waals surface area contributed by atoms with E-state index < -0.39 is 5.41 Å². The lowest BCUT2D eigenvalue weighted by Crippen LogP contribution is -2.28. The summed E-state index contributed by atoms with van der Waals surface area (Å²) in [6.45, 7) is 10.8. The first-order valence-electron chi connectivity index (χ1n) is 26.3. The Bertz CT molecular complexity index is 3780. The number of allylic oxidation sites excluding steroid dienone is 8. The summed E-state index contributed by atoms with van der Waals surface area (Å²) >= 11 is 0. The molecule has 0 unspecified atom stereocenters. The lowest BCUT2D eigenvalue weighted by Gasteiger charge is -2.35. The zero-order valence-electron chi connectivity index (χ0n) is 41.7. The maximum Gasteiger partial charge on any atom is 0.0720 e. The first kappa shape index (κ1) is 42.8. The molecule has 4 aliphatic carbocycles. The van der Waals surface area contributed by atoms with Gasteiger partial charge in [-0.05, 0) is 214 Å². The Kier molecular flexibility index (Phi) is 9.80. The Morgan fingerprint density at radius 2 is 0.833 bits per heavy atom. The average molecular weight is 931 g/mol. The molecule has 1 spiro atoms. The molecule has 10 aromatic rings. The van der Waals surface area contributed by atoms with Crippen LogP contribution in [-0.2, 0) is 18.5 Å². The van der Waals surface area contributed by atoms with Gasteiger partial charge in [0, 0.05) is 90.8 Å². The smallest absolute Gasteiger partial charge is 0.0720 e. The number of fused-ring (bicyclic) bond motifs is 14. The summed E-state index contributed by atoms with van der Waals surface area (Å²) in [5, 5.41) is 5.19. The molecule has 4 nitrogen and oxygen atoms in total. The van der Waals surface area contributed by atoms with Gasteiger partial charge >= 0.3 is 0 Å². The predicted octanol–water partition coefficient (Wildman–Crippen LogP) is 18.5. The number of aryl methyl sites for hydroxylation is 4. The van der Waals surface area contributed by atoms with Gasteiger partial charge in [-0.1, -0.05) is 96.1 Å². The molecule has 350 valence electrons. The Morgan fingerprint density at radius 3 is 1.32 bits per heavy atom. The molecule has 0 radical (unpaired) electrons. The number of para-hydroxylation sites is 2. The first-order valence-corrected chi connectivity index (χ1v) is 26.3. The molecule has 4 aliphatic rings. The molecule has 8 aromatic carbocycles. The number of aromatic nitrogens is 2. The standard InChI is InChI=1S/C68H58N4/c1-5-69-64-34-26-44(3)38-56(64)58-40-48(30-36-66(58)69)71(46-18-10-7-11-19-46)50-28-32-54-55-33-29-51(43-63(55)68(62(54)42-50)60-24-15-9-14-22-52(60)53-23-16-17-25-61(53)68)72(47-20-12-8-13-21-47)49-31-37-67-59(41-49)57-39-45(4)27-35-65(57)70(67)6-2/h7-8,10-13,15,17-21,24-43H,5-6,9,14,16,22-23H2,1-4H3. The van der Waals surface area contributed by atoms with E-state index >= 15 is 0 Å². The van der Waals surface area contributed by atoms with E-state index in [9.17, 15) is 0 Å². The molecule has 2 aromatic heterocycles. The van der Waals surface area contributed by atoms with Crippen LogP contribution < -0.4 is 9.80 Å². The third-order valence-electron chi connectivity index (χ3n) is 16.6. The maximum absolute atomic E-state index is 2.57. The molecule has 0 N–H and O–H groups in total. The van der Waals surface area contributed by atoms with Gasteiger partial charge in [0.2, 0.25) is 0 Å². The van der Waals surface area contributed by atoms with Crippen molar-refractivity contribution < 1.29 is 0 Å². The zero-order chi connectivity index (χ0) is 48.2. The molecule has 4 heteroatoms. The van der Waals surface area contributed by atoms with Crippen LogP contribution in [0.25, 0.3) is 54.7 Å². The van der Waals surface area contributed by atoms with Crippen molar-refractivity contribution in [3.05, 3.63) is 239 Å². The Labute approximate surface area is 422 Å². The molecular weight excluding hydrogens is 873 g/mol. The molecule has 0 atom stereocenters. The summed E-state index contributed by atoms with van der Waals surface area (Å²) in [5.41, 5.74) is 25.6. The van der Waals surface area contributed by atoms with E-state index in [4.69, 9.17) is 0 Å². The highest BCUT2D eigenvalue weighted by Crippen LogP contribution is 2.65. The summed E-state index contributed by atoms with van der Waals surface area (Å²) in [7, 11) is 0. The van der Waals surface area contributed by atoms with Crippen LogP contribution in [0.4, 0.5) is 34.1 Å². The van der Waals surface area contributed by atoms with E-state index in [-0.39, 0.29) is 0 Å². The van der Waals surface area contributed by atoms with Crippen LogP contribution >= 0.6 is 0 Å². The fourth-order valence-electron chi connectivity index (χ4n) is 13.6. The third-order valence-corrected chi connectivity index (χ3v) is 16.6. The van der Waals surface area contributed by atoms with Gasteiger partial charge < -0.3 is 18.9 Å². The Hall–Kier alpha value is -8.08. The second-order valence-corrected chi connectivity index (χ2v) is 20.5. The van der Waals surface area contributed by atoms with E-state index in [0.717, 1.165) is 72.9 Å². The lowest BCUT2D eigenvalue weighted by molar-refractivity contribution is 0.767. The molecule has 0 bridgehead atoms. The quantitative estimate of drug-likeness (QED) is 0.151. The van der Waals surface area contributed by atoms with Crippen LogP contribution in [0.3, 0.4) is 0 Å². The number of rotatable bonds is 8. The average Bonchev–Trinajstić information content (AvgIpc) is 4.02. The van der Waals surface area contributed by atoms with Gasteiger partial charge in [0.05, 0.1) is 5.41 Å². The van der Waals surface area contributed by atoms with Crippen LogP contribution in [0.15, 0.2) is 216 Å². The van der Waals surface area contributed by atoms with Gasteiger partial charge in [-0.15, -0.1) is 0 Å². The zero-order valence-corrected chi connectivity index (χ0v) is 41.7. The van der Waals surface area contributed by atoms with Gasteiger partial charge in [0.1, 0.15) is 0 Å². The van der Waals surface area contributed by atoms with E-state index in [1.54, 1.807) is 11.1 Å². The molecule has 0 saturated carbocycles. The molecule has 0 saturated heterocycles. The summed E-state index contributed by atoms with van der Waals surface area (Å²) < 4.78 is 4.92. The molecule has 72 heavy (non-hydrogen) atoms. The van der Waals surface area contributed by atoms with Crippen molar-refractivity contribution in [2.75, 3.05) is 9.80 Å². The minimum absolute atomic E-state index is 0.490. The normalized spacial score (nSPS) is 15.5. The van der Waals surface area contributed by atoms with Crippen molar-refractivity contribution in [1.82, 2.24) is 9.13 Å². The van der Waals surface area contributed by atoms with E-state index in [0.29, 0.717) is 0 Å². The topological polar surface area (TPSA) is 16.3 Å². The fourth-order valence-corrected chi connectivity index (χ4v) is 13.6. The van der Waals surface area contributed by atoms with Gasteiger partial charge in [0.15, 0.2) is 0 Å². The minimum atomic E-state index is -0.490.